The number of pyridine rings is 1. The van der Waals surface area contributed by atoms with Crippen LogP contribution in [0.5, 0.6) is 5.75 Å². The van der Waals surface area contributed by atoms with Gasteiger partial charge in [-0.1, -0.05) is 0 Å². The molecule has 64 valence electrons. The molecule has 0 saturated heterocycles. The van der Waals surface area contributed by atoms with Crippen LogP contribution in [0.2, 0.25) is 0 Å². The number of nitrogens with two attached hydrogens (primary N) is 1. The second kappa shape index (κ2) is 2.75. The van der Waals surface area contributed by atoms with Crippen LogP contribution in [0, 0.1) is 5.92 Å². The van der Waals surface area contributed by atoms with E-state index in [2.05, 4.69) is 4.98 Å². The van der Waals surface area contributed by atoms with E-state index in [0.717, 1.165) is 12.8 Å². The van der Waals surface area contributed by atoms with E-state index in [0.29, 0.717) is 11.6 Å². The third-order valence-corrected chi connectivity index (χ3v) is 2.26. The van der Waals surface area contributed by atoms with Gasteiger partial charge in [-0.15, -0.1) is 0 Å². The van der Waals surface area contributed by atoms with Crippen LogP contribution in [-0.4, -0.2) is 10.1 Å². The molecule has 1 atom stereocenters. The molecule has 0 spiro atoms. The lowest BCUT2D eigenvalue weighted by molar-refractivity contribution is 0.449. The Kier molecular flexibility index (Phi) is 1.73. The average Bonchev–Trinajstić information content (AvgIpc) is 2.86. The van der Waals surface area contributed by atoms with Crippen LogP contribution in [0.4, 0.5) is 0 Å². The van der Waals surface area contributed by atoms with Crippen LogP contribution in [-0.2, 0) is 0 Å². The quantitative estimate of drug-likeness (QED) is 0.690. The Labute approximate surface area is 71.2 Å². The van der Waals surface area contributed by atoms with Gasteiger partial charge in [0.05, 0.1) is 11.7 Å². The summed E-state index contributed by atoms with van der Waals surface area (Å²) in [7, 11) is 0. The van der Waals surface area contributed by atoms with Gasteiger partial charge in [0.1, 0.15) is 5.75 Å². The molecule has 12 heavy (non-hydrogen) atoms. The van der Waals surface area contributed by atoms with Gasteiger partial charge in [0.15, 0.2) is 0 Å². The van der Waals surface area contributed by atoms with Crippen molar-refractivity contribution < 1.29 is 5.11 Å². The summed E-state index contributed by atoms with van der Waals surface area (Å²) in [6.45, 7) is 0. The molecule has 1 saturated carbocycles. The third-order valence-electron chi connectivity index (χ3n) is 2.26. The fourth-order valence-electron chi connectivity index (χ4n) is 1.34. The number of nitrogens with zero attached hydrogens (tertiary/aromatic N) is 1. The highest BCUT2D eigenvalue weighted by atomic mass is 16.3. The number of aromatic nitrogens is 1. The van der Waals surface area contributed by atoms with Gasteiger partial charge in [-0.2, -0.15) is 0 Å². The molecular formula is C9H12N2O. The number of rotatable bonds is 2. The molecule has 1 heterocycles. The first kappa shape index (κ1) is 7.55. The van der Waals surface area contributed by atoms with Crippen molar-refractivity contribution in [3.63, 3.8) is 0 Å². The Morgan fingerprint density at radius 1 is 1.58 bits per heavy atom. The van der Waals surface area contributed by atoms with Crippen LogP contribution in [0.25, 0.3) is 0 Å². The van der Waals surface area contributed by atoms with E-state index in [1.165, 1.54) is 0 Å². The zero-order valence-electron chi connectivity index (χ0n) is 6.77. The lowest BCUT2D eigenvalue weighted by Crippen LogP contribution is -2.13. The summed E-state index contributed by atoms with van der Waals surface area (Å²) in [5.41, 5.74) is 6.52. The minimum absolute atomic E-state index is 0.0776. The first-order valence-electron chi connectivity index (χ1n) is 4.18. The Balaban J connectivity index is 2.25. The van der Waals surface area contributed by atoms with Gasteiger partial charge in [-0.3, -0.25) is 4.98 Å². The molecule has 0 aliphatic heterocycles. The molecule has 1 aliphatic carbocycles. The first-order valence-corrected chi connectivity index (χ1v) is 4.18. The lowest BCUT2D eigenvalue weighted by Gasteiger charge is -2.10. The zero-order valence-corrected chi connectivity index (χ0v) is 6.77. The van der Waals surface area contributed by atoms with Gasteiger partial charge < -0.3 is 10.8 Å². The lowest BCUT2D eigenvalue weighted by atomic mass is 10.1. The van der Waals surface area contributed by atoms with Crippen LogP contribution in [0.15, 0.2) is 18.3 Å². The summed E-state index contributed by atoms with van der Waals surface area (Å²) in [4.78, 5) is 4.06. The normalized spacial score (nSPS) is 19.1. The molecular weight excluding hydrogens is 152 g/mol. The smallest absolute Gasteiger partial charge is 0.138 e. The Hall–Kier alpha value is -1.09. The minimum atomic E-state index is -0.0776. The predicted octanol–water partition coefficient (Wildman–Crippen LogP) is 1.20. The van der Waals surface area contributed by atoms with E-state index < -0.39 is 0 Å². The molecule has 0 aromatic carbocycles. The first-order chi connectivity index (χ1) is 5.79. The summed E-state index contributed by atoms with van der Waals surface area (Å²) >= 11 is 0. The van der Waals surface area contributed by atoms with Gasteiger partial charge in [-0.05, 0) is 30.9 Å². The van der Waals surface area contributed by atoms with Crippen LogP contribution < -0.4 is 5.73 Å². The van der Waals surface area contributed by atoms with Crippen molar-refractivity contribution >= 4 is 0 Å². The largest absolute Gasteiger partial charge is 0.506 e. The monoisotopic (exact) mass is 164 g/mol. The molecule has 1 aliphatic rings. The van der Waals surface area contributed by atoms with Gasteiger partial charge in [0, 0.05) is 6.20 Å². The molecule has 0 amide bonds. The van der Waals surface area contributed by atoms with E-state index in [-0.39, 0.29) is 11.8 Å². The van der Waals surface area contributed by atoms with Gasteiger partial charge >= 0.3 is 0 Å². The molecule has 1 fully saturated rings. The number of hydrogen-bond acceptors (Lipinski definition) is 3. The number of hydrogen-bond donors (Lipinski definition) is 2. The standard InChI is InChI=1S/C9H12N2O/c10-8(6-3-4-6)9-7(12)2-1-5-11-9/h1-2,5-6,8,12H,3-4,10H2/t8-/m0/s1. The molecule has 2 rings (SSSR count). The second-order valence-corrected chi connectivity index (χ2v) is 3.27. The van der Waals surface area contributed by atoms with E-state index in [4.69, 9.17) is 5.73 Å². The van der Waals surface area contributed by atoms with Crippen molar-refractivity contribution in [1.29, 1.82) is 0 Å². The summed E-state index contributed by atoms with van der Waals surface area (Å²) in [6, 6.07) is 3.26. The van der Waals surface area contributed by atoms with Gasteiger partial charge in [0.2, 0.25) is 0 Å². The van der Waals surface area contributed by atoms with Crippen molar-refractivity contribution in [1.82, 2.24) is 4.98 Å². The van der Waals surface area contributed by atoms with Crippen molar-refractivity contribution in [2.75, 3.05) is 0 Å². The molecule has 3 heteroatoms. The van der Waals surface area contributed by atoms with Crippen LogP contribution in [0.3, 0.4) is 0 Å². The molecule has 0 radical (unpaired) electrons. The van der Waals surface area contributed by atoms with E-state index in [1.807, 2.05) is 0 Å². The molecule has 0 unspecified atom stereocenters. The second-order valence-electron chi connectivity index (χ2n) is 3.27. The topological polar surface area (TPSA) is 59.1 Å². The van der Waals surface area contributed by atoms with E-state index >= 15 is 0 Å². The molecule has 1 aromatic rings. The molecule has 3 N–H and O–H groups in total. The van der Waals surface area contributed by atoms with Crippen molar-refractivity contribution in [2.45, 2.75) is 18.9 Å². The zero-order chi connectivity index (χ0) is 8.55. The number of aromatic hydroxyl groups is 1. The van der Waals surface area contributed by atoms with E-state index in [1.54, 1.807) is 18.3 Å². The fraction of sp³-hybridized carbons (Fsp3) is 0.444. The van der Waals surface area contributed by atoms with Crippen LogP contribution >= 0.6 is 0 Å². The SMILES string of the molecule is N[C@H](c1ncccc1O)C1CC1. The highest BCUT2D eigenvalue weighted by Crippen LogP contribution is 2.40. The third kappa shape index (κ3) is 1.28. The highest BCUT2D eigenvalue weighted by Gasteiger charge is 2.31. The Morgan fingerprint density at radius 3 is 2.92 bits per heavy atom. The van der Waals surface area contributed by atoms with Crippen LogP contribution in [0.1, 0.15) is 24.6 Å². The summed E-state index contributed by atoms with van der Waals surface area (Å²) < 4.78 is 0. The van der Waals surface area contributed by atoms with Gasteiger partial charge in [-0.25, -0.2) is 0 Å². The molecule has 0 bridgehead atoms. The maximum absolute atomic E-state index is 9.42. The van der Waals surface area contributed by atoms with Gasteiger partial charge in [0.25, 0.3) is 0 Å². The molecule has 3 nitrogen and oxygen atoms in total. The average molecular weight is 164 g/mol. The predicted molar refractivity (Wildman–Crippen MR) is 45.6 cm³/mol. The fourth-order valence-corrected chi connectivity index (χ4v) is 1.34. The maximum Gasteiger partial charge on any atom is 0.138 e. The highest BCUT2D eigenvalue weighted by molar-refractivity contribution is 5.28. The van der Waals surface area contributed by atoms with Crippen molar-refractivity contribution in [2.24, 2.45) is 11.7 Å². The maximum atomic E-state index is 9.42. The van der Waals surface area contributed by atoms with E-state index in [9.17, 15) is 5.11 Å². The van der Waals surface area contributed by atoms with Crippen molar-refractivity contribution in [3.05, 3.63) is 24.0 Å². The summed E-state index contributed by atoms with van der Waals surface area (Å²) in [5.74, 6) is 0.752. The minimum Gasteiger partial charge on any atom is -0.506 e. The summed E-state index contributed by atoms with van der Waals surface area (Å²) in [5, 5.41) is 9.42. The van der Waals surface area contributed by atoms with Crippen molar-refractivity contribution in [3.8, 4) is 5.75 Å². The Morgan fingerprint density at radius 2 is 2.33 bits per heavy atom. The summed E-state index contributed by atoms with van der Waals surface area (Å²) in [6.07, 6.45) is 3.99. The molecule has 1 aromatic heterocycles. The Bertz CT molecular complexity index is 284.